The molecule has 16 heavy (non-hydrogen) atoms. The fourth-order valence-electron chi connectivity index (χ4n) is 1.36. The van der Waals surface area contributed by atoms with Gasteiger partial charge in [0.1, 0.15) is 5.82 Å². The molecule has 0 saturated heterocycles. The molecule has 1 unspecified atom stereocenters. The van der Waals surface area contributed by atoms with Gasteiger partial charge >= 0.3 is 5.97 Å². The first-order valence-corrected chi connectivity index (χ1v) is 5.68. The Morgan fingerprint density at radius 2 is 2.25 bits per heavy atom. The van der Waals surface area contributed by atoms with E-state index in [1.807, 2.05) is 13.8 Å². The molecule has 0 aliphatic carbocycles. The van der Waals surface area contributed by atoms with E-state index in [1.165, 1.54) is 18.2 Å². The number of rotatable bonds is 4. The molecule has 88 valence electrons. The Hall–Kier alpha value is -1.03. The zero-order valence-corrected chi connectivity index (χ0v) is 10.3. The lowest BCUT2D eigenvalue weighted by Gasteiger charge is -2.12. The first kappa shape index (κ1) is 13.0. The Kier molecular flexibility index (Phi) is 4.80. The summed E-state index contributed by atoms with van der Waals surface area (Å²) in [6.07, 6.45) is 1.65. The summed E-state index contributed by atoms with van der Waals surface area (Å²) in [5.74, 6) is -0.877. The minimum atomic E-state index is -0.443. The summed E-state index contributed by atoms with van der Waals surface area (Å²) < 4.78 is 18.1. The molecular weight excluding hydrogens is 227 g/mol. The summed E-state index contributed by atoms with van der Waals surface area (Å²) in [7, 11) is 0. The highest BCUT2D eigenvalue weighted by atomic mass is 32.1. The molecule has 1 aromatic carbocycles. The predicted octanol–water partition coefficient (Wildman–Crippen LogP) is 3.46. The van der Waals surface area contributed by atoms with Gasteiger partial charge in [-0.05, 0) is 31.5 Å². The molecule has 0 aliphatic rings. The molecule has 4 heteroatoms. The average Bonchev–Trinajstić information content (AvgIpc) is 2.22. The zero-order valence-electron chi connectivity index (χ0n) is 9.37. The highest BCUT2D eigenvalue weighted by molar-refractivity contribution is 7.80. The number of hydrogen-bond acceptors (Lipinski definition) is 3. The van der Waals surface area contributed by atoms with Crippen LogP contribution in [0.1, 0.15) is 37.0 Å². The molecule has 1 rings (SSSR count). The number of thiol groups is 1. The van der Waals surface area contributed by atoms with Gasteiger partial charge < -0.3 is 4.74 Å². The van der Waals surface area contributed by atoms with Crippen LogP contribution in [0, 0.1) is 5.82 Å². The molecule has 0 amide bonds. The summed E-state index contributed by atoms with van der Waals surface area (Å²) in [6.45, 7) is 3.86. The van der Waals surface area contributed by atoms with Crippen LogP contribution in [0.15, 0.2) is 23.1 Å². The number of esters is 1. The van der Waals surface area contributed by atoms with Gasteiger partial charge in [-0.15, -0.1) is 12.6 Å². The second-order valence-corrected chi connectivity index (χ2v) is 4.15. The first-order valence-electron chi connectivity index (χ1n) is 5.24. The van der Waals surface area contributed by atoms with Gasteiger partial charge in [0.15, 0.2) is 0 Å². The summed E-state index contributed by atoms with van der Waals surface area (Å²) >= 11 is 3.91. The minimum Gasteiger partial charge on any atom is -0.459 e. The van der Waals surface area contributed by atoms with Crippen molar-refractivity contribution in [3.63, 3.8) is 0 Å². The Balaban J connectivity index is 2.69. The van der Waals surface area contributed by atoms with Crippen LogP contribution in [-0.2, 0) is 4.74 Å². The van der Waals surface area contributed by atoms with Crippen molar-refractivity contribution in [2.45, 2.75) is 37.7 Å². The first-order chi connectivity index (χ1) is 7.54. The van der Waals surface area contributed by atoms with Crippen LogP contribution < -0.4 is 0 Å². The molecule has 0 N–H and O–H groups in total. The van der Waals surface area contributed by atoms with Crippen molar-refractivity contribution >= 4 is 18.6 Å². The molecule has 0 aliphatic heterocycles. The van der Waals surface area contributed by atoms with E-state index in [0.717, 1.165) is 12.8 Å². The van der Waals surface area contributed by atoms with Gasteiger partial charge in [-0.1, -0.05) is 13.3 Å². The number of carbonyl (C=O) groups is 1. The van der Waals surface area contributed by atoms with E-state index < -0.39 is 11.8 Å². The molecular formula is C12H15FO2S. The van der Waals surface area contributed by atoms with Crippen LogP contribution in [0.5, 0.6) is 0 Å². The fourth-order valence-corrected chi connectivity index (χ4v) is 1.57. The Bertz CT molecular complexity index is 379. The molecule has 0 saturated carbocycles. The van der Waals surface area contributed by atoms with Crippen molar-refractivity contribution < 1.29 is 13.9 Å². The number of carbonyl (C=O) groups excluding carboxylic acids is 1. The largest absolute Gasteiger partial charge is 0.459 e. The maximum absolute atomic E-state index is 12.9. The third-order valence-electron chi connectivity index (χ3n) is 2.19. The lowest BCUT2D eigenvalue weighted by Crippen LogP contribution is -2.14. The van der Waals surface area contributed by atoms with E-state index in [1.54, 1.807) is 0 Å². The molecule has 0 radical (unpaired) electrons. The van der Waals surface area contributed by atoms with E-state index in [0.29, 0.717) is 5.56 Å². The SMILES string of the molecule is CCCC(C)OC(=O)c1ccc(F)c(S)c1. The molecule has 0 bridgehead atoms. The fraction of sp³-hybridized carbons (Fsp3) is 0.417. The second-order valence-electron chi connectivity index (χ2n) is 3.67. The van der Waals surface area contributed by atoms with Crippen LogP contribution in [0.2, 0.25) is 0 Å². The molecule has 0 heterocycles. The number of benzene rings is 1. The Morgan fingerprint density at radius 3 is 2.81 bits per heavy atom. The van der Waals surface area contributed by atoms with Crippen molar-refractivity contribution in [1.82, 2.24) is 0 Å². The number of hydrogen-bond donors (Lipinski definition) is 1. The van der Waals surface area contributed by atoms with E-state index in [-0.39, 0.29) is 11.0 Å². The third-order valence-corrected chi connectivity index (χ3v) is 2.53. The van der Waals surface area contributed by atoms with Crippen molar-refractivity contribution in [3.05, 3.63) is 29.6 Å². The summed E-state index contributed by atoms with van der Waals surface area (Å²) in [5.41, 5.74) is 0.328. The average molecular weight is 242 g/mol. The van der Waals surface area contributed by atoms with Gasteiger partial charge in [0.05, 0.1) is 11.7 Å². The quantitative estimate of drug-likeness (QED) is 0.646. The van der Waals surface area contributed by atoms with Gasteiger partial charge in [0.25, 0.3) is 0 Å². The Morgan fingerprint density at radius 1 is 1.56 bits per heavy atom. The normalized spacial score (nSPS) is 12.2. The minimum absolute atomic E-state index is 0.120. The van der Waals surface area contributed by atoms with Crippen LogP contribution >= 0.6 is 12.6 Å². The van der Waals surface area contributed by atoms with Gasteiger partial charge in [0.2, 0.25) is 0 Å². The van der Waals surface area contributed by atoms with Crippen LogP contribution in [0.25, 0.3) is 0 Å². The highest BCUT2D eigenvalue weighted by Gasteiger charge is 2.12. The summed E-state index contributed by atoms with van der Waals surface area (Å²) in [4.78, 5) is 11.8. The van der Waals surface area contributed by atoms with Gasteiger partial charge in [-0.25, -0.2) is 9.18 Å². The van der Waals surface area contributed by atoms with Crippen LogP contribution in [-0.4, -0.2) is 12.1 Å². The maximum Gasteiger partial charge on any atom is 0.338 e. The molecule has 2 nitrogen and oxygen atoms in total. The number of halogens is 1. The van der Waals surface area contributed by atoms with Gasteiger partial charge in [0, 0.05) is 4.90 Å². The molecule has 0 fully saturated rings. The van der Waals surface area contributed by atoms with Crippen LogP contribution in [0.3, 0.4) is 0 Å². The third kappa shape index (κ3) is 3.52. The zero-order chi connectivity index (χ0) is 12.1. The standard InChI is InChI=1S/C12H15FO2S/c1-3-4-8(2)15-12(14)9-5-6-10(13)11(16)7-9/h5-8,16H,3-4H2,1-2H3. The van der Waals surface area contributed by atoms with Gasteiger partial charge in [-0.3, -0.25) is 0 Å². The molecule has 0 spiro atoms. The number of ether oxygens (including phenoxy) is 1. The van der Waals surface area contributed by atoms with E-state index in [4.69, 9.17) is 4.74 Å². The summed E-state index contributed by atoms with van der Waals surface area (Å²) in [5, 5.41) is 0. The van der Waals surface area contributed by atoms with E-state index in [9.17, 15) is 9.18 Å². The molecule has 1 aromatic rings. The molecule has 1 atom stereocenters. The van der Waals surface area contributed by atoms with Crippen molar-refractivity contribution in [2.24, 2.45) is 0 Å². The monoisotopic (exact) mass is 242 g/mol. The van der Waals surface area contributed by atoms with Crippen molar-refractivity contribution in [3.8, 4) is 0 Å². The van der Waals surface area contributed by atoms with Gasteiger partial charge in [-0.2, -0.15) is 0 Å². The summed E-state index contributed by atoms with van der Waals surface area (Å²) in [6, 6.07) is 3.99. The van der Waals surface area contributed by atoms with Crippen molar-refractivity contribution in [2.75, 3.05) is 0 Å². The van der Waals surface area contributed by atoms with Crippen molar-refractivity contribution in [1.29, 1.82) is 0 Å². The lowest BCUT2D eigenvalue weighted by molar-refractivity contribution is 0.0323. The topological polar surface area (TPSA) is 26.3 Å². The predicted molar refractivity (Wildman–Crippen MR) is 63.4 cm³/mol. The smallest absolute Gasteiger partial charge is 0.338 e. The van der Waals surface area contributed by atoms with E-state index >= 15 is 0 Å². The second kappa shape index (κ2) is 5.89. The lowest BCUT2D eigenvalue weighted by atomic mass is 10.2. The Labute approximate surface area is 100 Å². The van der Waals surface area contributed by atoms with Crippen LogP contribution in [0.4, 0.5) is 4.39 Å². The van der Waals surface area contributed by atoms with E-state index in [2.05, 4.69) is 12.6 Å². The highest BCUT2D eigenvalue weighted by Crippen LogP contribution is 2.16. The maximum atomic E-state index is 12.9. The molecule has 0 aromatic heterocycles.